The van der Waals surface area contributed by atoms with Crippen LogP contribution in [0.25, 0.3) is 0 Å². The van der Waals surface area contributed by atoms with E-state index < -0.39 is 7.01 Å². The normalized spacial score (nSPS) is 4.70. The van der Waals surface area contributed by atoms with Crippen molar-refractivity contribution in [3.8, 4) is 0 Å². The van der Waals surface area contributed by atoms with Crippen molar-refractivity contribution in [2.75, 3.05) is 0 Å². The van der Waals surface area contributed by atoms with E-state index in [2.05, 4.69) is 4.81 Å². The third-order valence-corrected chi connectivity index (χ3v) is 0.165. The first kappa shape index (κ1) is 16.2. The second kappa shape index (κ2) is 15.8. The Morgan fingerprint density at radius 1 is 1.40 bits per heavy atom. The van der Waals surface area contributed by atoms with Gasteiger partial charge in [-0.2, -0.15) is 0 Å². The van der Waals surface area contributed by atoms with Gasteiger partial charge in [-0.05, 0) is 0 Å². The summed E-state index contributed by atoms with van der Waals surface area (Å²) in [7, 11) is -1.84. The summed E-state index contributed by atoms with van der Waals surface area (Å²) in [5.74, 6) is 0. The first-order valence-corrected chi connectivity index (χ1v) is 1.74. The summed E-state index contributed by atoms with van der Waals surface area (Å²) in [5, 5.41) is 22.1. The van der Waals surface area contributed by atoms with Crippen LogP contribution < -0.4 is 0 Å². The van der Waals surface area contributed by atoms with Gasteiger partial charge in [0.15, 0.2) is 0 Å². The van der Waals surface area contributed by atoms with Crippen LogP contribution >= 0.6 is 0 Å². The van der Waals surface area contributed by atoms with Crippen LogP contribution in [0.2, 0.25) is 0 Å². The number of hydrogen-bond acceptors (Lipinski definition) is 6. The maximum absolute atomic E-state index is 9.00. The minimum Gasteiger partial charge on any atom is 0 e. The molecule has 0 fully saturated rings. The largest absolute Gasteiger partial charge is 0 e. The number of rotatable bonds is 2. The predicted octanol–water partition coefficient (Wildman–Crippen LogP) is -1.67. The van der Waals surface area contributed by atoms with Crippen LogP contribution in [0.15, 0.2) is 0 Å². The topological polar surface area (TPSA) is 104 Å². The summed E-state index contributed by atoms with van der Waals surface area (Å²) in [6.45, 7) is 0. The molecule has 3 N–H and O–H groups in total. The predicted molar refractivity (Wildman–Crippen MR) is 35.6 cm³/mol. The molecule has 0 bridgehead atoms. The van der Waals surface area contributed by atoms with Gasteiger partial charge in [-0.3, -0.25) is 0 Å². The summed E-state index contributed by atoms with van der Waals surface area (Å²) in [5.41, 5.74) is 0. The van der Waals surface area contributed by atoms with Crippen LogP contribution in [0.4, 0.5) is 0 Å². The van der Waals surface area contributed by atoms with Crippen LogP contribution in [0.3, 0.4) is 0 Å². The molecule has 0 aromatic carbocycles. The molecule has 0 amide bonds. The average Bonchev–Trinajstić information content (AvgIpc) is 1.89. The Morgan fingerprint density at radius 3 is 1.60 bits per heavy atom. The summed E-state index contributed by atoms with van der Waals surface area (Å²) in [6.07, 6.45) is 0. The van der Waals surface area contributed by atoms with Crippen LogP contribution in [0.1, 0.15) is 8.85 Å². The van der Waals surface area contributed by atoms with Crippen molar-refractivity contribution in [2.45, 2.75) is 7.43 Å². The third-order valence-electron chi connectivity index (χ3n) is 0.165. The van der Waals surface area contributed by atoms with Crippen molar-refractivity contribution < 1.29 is 30.9 Å². The molecule has 0 aliphatic heterocycles. The van der Waals surface area contributed by atoms with E-state index in [0.717, 1.165) is 0 Å². The molecule has 0 aliphatic carbocycles. The fraction of sp³-hybridized carbons (Fsp3) is 1.00. The summed E-state index contributed by atoms with van der Waals surface area (Å²) >= 11 is 0. The van der Waals surface area contributed by atoms with Crippen LogP contribution in [-0.4, -0.2) is 36.7 Å². The number of hydrogen-bond donors (Lipinski definition) is 3. The SMILES string of the molecule is C.O=BB(O)O.O=BOO.[HH]. The Kier molecular flexibility index (Phi) is 25.6. The molecule has 0 radical (unpaired) electrons. The Bertz CT molecular complexity index is 78.2. The van der Waals surface area contributed by atoms with Crippen molar-refractivity contribution in [3.63, 3.8) is 0 Å². The minimum atomic E-state index is -1.80. The van der Waals surface area contributed by atoms with E-state index in [-0.39, 0.29) is 23.2 Å². The van der Waals surface area contributed by atoms with Crippen molar-refractivity contribution in [2.24, 2.45) is 0 Å². The van der Waals surface area contributed by atoms with Crippen molar-refractivity contribution in [3.05, 3.63) is 0 Å². The fourth-order valence-corrected chi connectivity index (χ4v) is 0. The van der Waals surface area contributed by atoms with Crippen molar-refractivity contribution >= 4 is 21.4 Å². The first-order valence-electron chi connectivity index (χ1n) is 1.74. The maximum atomic E-state index is 9.00. The molecular weight excluding hydrogens is 140 g/mol. The van der Waals surface area contributed by atoms with E-state index in [1.54, 1.807) is 0 Å². The summed E-state index contributed by atoms with van der Waals surface area (Å²) in [6, 6.07) is 0. The molecule has 0 saturated carbocycles. The molecule has 0 heterocycles. The molecule has 0 rings (SSSR count). The van der Waals surface area contributed by atoms with Gasteiger partial charge in [0.2, 0.25) is 0 Å². The zero-order valence-corrected chi connectivity index (χ0v) is 4.30. The standard InChI is InChI=1S/CH4.B2H2O3.BHO3.H2/c;3-1-2(4)5;2-1-4-3;/h1H4;4-5H;3H;1H. The van der Waals surface area contributed by atoms with E-state index in [0.29, 0.717) is 0 Å². The van der Waals surface area contributed by atoms with Gasteiger partial charge in [-0.15, -0.1) is 0 Å². The van der Waals surface area contributed by atoms with Crippen LogP contribution in [0, 0.1) is 0 Å². The van der Waals surface area contributed by atoms with E-state index in [4.69, 9.17) is 24.7 Å². The molecule has 9 heteroatoms. The molecule has 0 aliphatic rings. The minimum absolute atomic E-state index is 0. The molecule has 58 valence electrons. The smallest absolute Gasteiger partial charge is 0 e. The average molecular weight is 150 g/mol. The van der Waals surface area contributed by atoms with Gasteiger partial charge < -0.3 is 0 Å². The van der Waals surface area contributed by atoms with E-state index in [1.165, 1.54) is 0 Å². The van der Waals surface area contributed by atoms with Gasteiger partial charge in [-0.25, -0.2) is 0 Å². The van der Waals surface area contributed by atoms with Gasteiger partial charge in [0.25, 0.3) is 0 Å². The van der Waals surface area contributed by atoms with Crippen molar-refractivity contribution in [1.29, 1.82) is 0 Å². The van der Waals surface area contributed by atoms with Crippen LogP contribution in [-0.2, 0) is 14.2 Å². The monoisotopic (exact) mass is 150 g/mol. The van der Waals surface area contributed by atoms with E-state index in [9.17, 15) is 0 Å². The Hall–Kier alpha value is -0.525. The molecule has 0 atom stereocenters. The van der Waals surface area contributed by atoms with E-state index in [1.807, 2.05) is 0 Å². The van der Waals surface area contributed by atoms with Gasteiger partial charge in [-0.1, -0.05) is 7.43 Å². The summed E-state index contributed by atoms with van der Waals surface area (Å²) < 4.78 is 17.7. The maximum Gasteiger partial charge on any atom is 0 e. The third kappa shape index (κ3) is 51.2. The zero-order valence-electron chi connectivity index (χ0n) is 4.30. The molecular formula is CH9B3O6. The molecule has 0 spiro atoms. The Labute approximate surface area is 60.9 Å². The van der Waals surface area contributed by atoms with Gasteiger partial charge in [0, 0.05) is 1.43 Å². The molecule has 0 aromatic heterocycles. The van der Waals surface area contributed by atoms with Gasteiger partial charge >= 0.3 is 50.9 Å². The van der Waals surface area contributed by atoms with Gasteiger partial charge in [0.1, 0.15) is 0 Å². The van der Waals surface area contributed by atoms with E-state index >= 15 is 0 Å². The Balaban J connectivity index is -0.0000000383. The fourth-order valence-electron chi connectivity index (χ4n) is 0. The Morgan fingerprint density at radius 2 is 1.60 bits per heavy atom. The molecule has 0 unspecified atom stereocenters. The second-order valence-corrected chi connectivity index (χ2v) is 0.751. The molecule has 6 nitrogen and oxygen atoms in total. The second-order valence-electron chi connectivity index (χ2n) is 0.751. The molecule has 0 aromatic rings. The molecule has 10 heavy (non-hydrogen) atoms. The first-order chi connectivity index (χ1) is 4.18. The zero-order chi connectivity index (χ0) is 7.70. The van der Waals surface area contributed by atoms with Crippen molar-refractivity contribution in [1.82, 2.24) is 0 Å². The summed E-state index contributed by atoms with van der Waals surface area (Å²) in [4.78, 5) is 2.86. The quantitative estimate of drug-likeness (QED) is 0.246. The molecule has 0 saturated heterocycles. The van der Waals surface area contributed by atoms with Crippen LogP contribution in [0.5, 0.6) is 0 Å². The van der Waals surface area contributed by atoms with Gasteiger partial charge in [0.05, 0.1) is 0 Å².